The number of hydrogen-bond acceptors (Lipinski definition) is 2. The van der Waals surface area contributed by atoms with Crippen LogP contribution in [0.3, 0.4) is 0 Å². The van der Waals surface area contributed by atoms with E-state index in [1.54, 1.807) is 11.3 Å². The van der Waals surface area contributed by atoms with Gasteiger partial charge in [-0.1, -0.05) is 36.4 Å². The Bertz CT molecular complexity index is 564. The third-order valence-electron chi connectivity index (χ3n) is 3.71. The largest absolute Gasteiger partial charge is 0.334 e. The van der Waals surface area contributed by atoms with E-state index in [0.29, 0.717) is 12.6 Å². The molecule has 1 fully saturated rings. The van der Waals surface area contributed by atoms with Crippen LogP contribution in [0.2, 0.25) is 0 Å². The maximum Gasteiger partial charge on any atom is 0.317 e. The molecule has 3 nitrogen and oxygen atoms in total. The van der Waals surface area contributed by atoms with Crippen molar-refractivity contribution in [3.63, 3.8) is 0 Å². The van der Waals surface area contributed by atoms with Crippen molar-refractivity contribution in [3.05, 3.63) is 58.3 Å². The predicted molar refractivity (Wildman–Crippen MR) is 86.4 cm³/mol. The van der Waals surface area contributed by atoms with Gasteiger partial charge < -0.3 is 10.2 Å². The zero-order chi connectivity index (χ0) is 14.5. The van der Waals surface area contributed by atoms with Crippen LogP contribution in [-0.2, 0) is 13.0 Å². The van der Waals surface area contributed by atoms with Crippen LogP contribution >= 0.6 is 11.3 Å². The molecule has 1 heterocycles. The molecule has 0 radical (unpaired) electrons. The van der Waals surface area contributed by atoms with E-state index < -0.39 is 0 Å². The first-order chi connectivity index (χ1) is 10.3. The lowest BCUT2D eigenvalue weighted by molar-refractivity contribution is 0.195. The fourth-order valence-electron chi connectivity index (χ4n) is 2.40. The summed E-state index contributed by atoms with van der Waals surface area (Å²) in [5.74, 6) is 0. The molecule has 0 spiro atoms. The van der Waals surface area contributed by atoms with Gasteiger partial charge >= 0.3 is 6.03 Å². The normalized spacial score (nSPS) is 13.9. The Morgan fingerprint density at radius 2 is 2.00 bits per heavy atom. The molecule has 2 aromatic rings. The van der Waals surface area contributed by atoms with Crippen molar-refractivity contribution in [2.24, 2.45) is 0 Å². The molecule has 1 aliphatic rings. The van der Waals surface area contributed by atoms with Crippen LogP contribution in [0.25, 0.3) is 0 Å². The molecule has 4 heteroatoms. The molecule has 0 bridgehead atoms. The van der Waals surface area contributed by atoms with Crippen LogP contribution < -0.4 is 5.32 Å². The van der Waals surface area contributed by atoms with Crippen LogP contribution in [-0.4, -0.2) is 23.5 Å². The second kappa shape index (κ2) is 6.76. The highest BCUT2D eigenvalue weighted by Gasteiger charge is 2.32. The molecule has 0 saturated heterocycles. The van der Waals surface area contributed by atoms with Gasteiger partial charge in [0.15, 0.2) is 0 Å². The molecule has 110 valence electrons. The Labute approximate surface area is 129 Å². The molecule has 1 aromatic heterocycles. The maximum absolute atomic E-state index is 12.4. The molecule has 0 unspecified atom stereocenters. The lowest BCUT2D eigenvalue weighted by Gasteiger charge is -2.22. The molecule has 2 amide bonds. The van der Waals surface area contributed by atoms with Gasteiger partial charge in [-0.3, -0.25) is 0 Å². The van der Waals surface area contributed by atoms with Gasteiger partial charge in [0, 0.05) is 24.0 Å². The number of nitrogens with zero attached hydrogens (tertiary/aromatic N) is 1. The van der Waals surface area contributed by atoms with Crippen LogP contribution in [0, 0.1) is 0 Å². The quantitative estimate of drug-likeness (QED) is 0.867. The predicted octanol–water partition coefficient (Wildman–Crippen LogP) is 3.66. The molecule has 3 rings (SSSR count). The SMILES string of the molecule is O=C(NCc1ccccc1)N(CCc1cccs1)C1CC1. The van der Waals surface area contributed by atoms with Gasteiger partial charge in [-0.2, -0.15) is 0 Å². The van der Waals surface area contributed by atoms with Crippen LogP contribution in [0.15, 0.2) is 47.8 Å². The van der Waals surface area contributed by atoms with E-state index in [-0.39, 0.29) is 6.03 Å². The third-order valence-corrected chi connectivity index (χ3v) is 4.65. The minimum absolute atomic E-state index is 0.0675. The fraction of sp³-hybridized carbons (Fsp3) is 0.353. The molecule has 1 N–H and O–H groups in total. The molecule has 0 atom stereocenters. The smallest absolute Gasteiger partial charge is 0.317 e. The number of urea groups is 1. The number of benzene rings is 1. The van der Waals surface area contributed by atoms with Crippen molar-refractivity contribution < 1.29 is 4.79 Å². The van der Waals surface area contributed by atoms with Crippen molar-refractivity contribution >= 4 is 17.4 Å². The monoisotopic (exact) mass is 300 g/mol. The van der Waals surface area contributed by atoms with Crippen molar-refractivity contribution in [1.82, 2.24) is 10.2 Å². The highest BCUT2D eigenvalue weighted by atomic mass is 32.1. The number of nitrogens with one attached hydrogen (secondary N) is 1. The average molecular weight is 300 g/mol. The summed E-state index contributed by atoms with van der Waals surface area (Å²) >= 11 is 1.76. The van der Waals surface area contributed by atoms with E-state index in [2.05, 4.69) is 22.8 Å². The fourth-order valence-corrected chi connectivity index (χ4v) is 3.09. The van der Waals surface area contributed by atoms with Crippen molar-refractivity contribution in [2.75, 3.05) is 6.54 Å². The van der Waals surface area contributed by atoms with Crippen molar-refractivity contribution in [2.45, 2.75) is 31.8 Å². The minimum Gasteiger partial charge on any atom is -0.334 e. The summed E-state index contributed by atoms with van der Waals surface area (Å²) in [6.45, 7) is 1.41. The van der Waals surface area contributed by atoms with E-state index in [1.165, 1.54) is 4.88 Å². The number of carbonyl (C=O) groups excluding carboxylic acids is 1. The minimum atomic E-state index is 0.0675. The van der Waals surface area contributed by atoms with Gasteiger partial charge in [0.1, 0.15) is 0 Å². The third kappa shape index (κ3) is 4.08. The van der Waals surface area contributed by atoms with Gasteiger partial charge in [0.05, 0.1) is 0 Å². The Morgan fingerprint density at radius 3 is 2.67 bits per heavy atom. The second-order valence-corrected chi connectivity index (χ2v) is 6.43. The average Bonchev–Trinajstić information content (AvgIpc) is 3.22. The van der Waals surface area contributed by atoms with E-state index >= 15 is 0 Å². The Balaban J connectivity index is 1.52. The molecule has 1 aliphatic carbocycles. The first-order valence-corrected chi connectivity index (χ1v) is 8.31. The van der Waals surface area contributed by atoms with Gasteiger partial charge in [0.25, 0.3) is 0 Å². The standard InChI is InChI=1S/C17H20N2OS/c20-17(18-13-14-5-2-1-3-6-14)19(15-8-9-15)11-10-16-7-4-12-21-16/h1-7,12,15H,8-11,13H2,(H,18,20). The number of thiophene rings is 1. The van der Waals surface area contributed by atoms with E-state index in [1.807, 2.05) is 35.2 Å². The zero-order valence-electron chi connectivity index (χ0n) is 12.0. The molecule has 21 heavy (non-hydrogen) atoms. The summed E-state index contributed by atoms with van der Waals surface area (Å²) in [6.07, 6.45) is 3.24. The summed E-state index contributed by atoms with van der Waals surface area (Å²) in [7, 11) is 0. The Hall–Kier alpha value is -1.81. The summed E-state index contributed by atoms with van der Waals surface area (Å²) in [5, 5.41) is 5.13. The summed E-state index contributed by atoms with van der Waals surface area (Å²) < 4.78 is 0. The zero-order valence-corrected chi connectivity index (χ0v) is 12.8. The van der Waals surface area contributed by atoms with Gasteiger partial charge in [-0.15, -0.1) is 11.3 Å². The first-order valence-electron chi connectivity index (χ1n) is 7.44. The molecule has 1 saturated carbocycles. The van der Waals surface area contributed by atoms with E-state index in [0.717, 1.165) is 31.4 Å². The molecular formula is C17H20N2OS. The van der Waals surface area contributed by atoms with Crippen LogP contribution in [0.1, 0.15) is 23.3 Å². The number of rotatable bonds is 6. The Kier molecular flexibility index (Phi) is 4.55. The number of hydrogen-bond donors (Lipinski definition) is 1. The summed E-state index contributed by atoms with van der Waals surface area (Å²) in [4.78, 5) is 15.7. The number of carbonyl (C=O) groups is 1. The summed E-state index contributed by atoms with van der Waals surface area (Å²) in [5.41, 5.74) is 1.14. The lowest BCUT2D eigenvalue weighted by atomic mass is 10.2. The highest BCUT2D eigenvalue weighted by molar-refractivity contribution is 7.09. The topological polar surface area (TPSA) is 32.3 Å². The molecule has 1 aromatic carbocycles. The van der Waals surface area contributed by atoms with Gasteiger partial charge in [-0.05, 0) is 36.3 Å². The van der Waals surface area contributed by atoms with Gasteiger partial charge in [-0.25, -0.2) is 4.79 Å². The summed E-state index contributed by atoms with van der Waals surface area (Å²) in [6, 6.07) is 14.8. The first kappa shape index (κ1) is 14.1. The van der Waals surface area contributed by atoms with Crippen LogP contribution in [0.4, 0.5) is 4.79 Å². The van der Waals surface area contributed by atoms with Gasteiger partial charge in [0.2, 0.25) is 0 Å². The van der Waals surface area contributed by atoms with E-state index in [9.17, 15) is 4.79 Å². The van der Waals surface area contributed by atoms with Crippen molar-refractivity contribution in [1.29, 1.82) is 0 Å². The van der Waals surface area contributed by atoms with E-state index in [4.69, 9.17) is 0 Å². The maximum atomic E-state index is 12.4. The molecular weight excluding hydrogens is 280 g/mol. The second-order valence-electron chi connectivity index (χ2n) is 5.40. The van der Waals surface area contributed by atoms with Crippen LogP contribution in [0.5, 0.6) is 0 Å². The van der Waals surface area contributed by atoms with Crippen molar-refractivity contribution in [3.8, 4) is 0 Å². The molecule has 0 aliphatic heterocycles. The highest BCUT2D eigenvalue weighted by Crippen LogP contribution is 2.27. The number of amides is 2. The lowest BCUT2D eigenvalue weighted by Crippen LogP contribution is -2.42. The Morgan fingerprint density at radius 1 is 1.19 bits per heavy atom.